The van der Waals surface area contributed by atoms with Gasteiger partial charge < -0.3 is 10.2 Å². The number of nitrogens with zero attached hydrogens (tertiary/aromatic N) is 2. The van der Waals surface area contributed by atoms with E-state index in [9.17, 15) is 18.0 Å². The predicted molar refractivity (Wildman–Crippen MR) is 154 cm³/mol. The lowest BCUT2D eigenvalue weighted by Crippen LogP contribution is -2.52. The normalized spacial score (nSPS) is 14.5. The molecule has 1 aliphatic carbocycles. The van der Waals surface area contributed by atoms with Crippen LogP contribution in [0.25, 0.3) is 0 Å². The lowest BCUT2D eigenvalue weighted by atomic mass is 10.1. The molecule has 0 spiro atoms. The second-order valence-corrected chi connectivity index (χ2v) is 12.3. The molecule has 3 aromatic carbocycles. The standard InChI is InChI=1S/C29H31Cl2N3O4S/c1-21(29(36)32-24-10-8-9-11-24)33(19-22-16-17-23(30)18-27(22)31)28(35)20-34(25-12-4-2-5-13-25)39(37,38)26-14-6-3-7-15-26/h2-7,12-18,21,24H,8-11,19-20H2,1H3,(H,32,36)/t21-/m0/s1. The molecule has 39 heavy (non-hydrogen) atoms. The average Bonchev–Trinajstić information content (AvgIpc) is 3.44. The second-order valence-electron chi connectivity index (χ2n) is 9.58. The number of amides is 2. The van der Waals surface area contributed by atoms with E-state index in [0.717, 1.165) is 30.0 Å². The lowest BCUT2D eigenvalue weighted by Gasteiger charge is -2.32. The molecule has 1 aliphatic rings. The number of benzene rings is 3. The fraction of sp³-hybridized carbons (Fsp3) is 0.310. The molecule has 2 amide bonds. The number of hydrogen-bond acceptors (Lipinski definition) is 4. The highest BCUT2D eigenvalue weighted by atomic mass is 35.5. The van der Waals surface area contributed by atoms with Crippen LogP contribution in [0.3, 0.4) is 0 Å². The molecule has 7 nitrogen and oxygen atoms in total. The van der Waals surface area contributed by atoms with Crippen molar-refractivity contribution in [3.8, 4) is 0 Å². The van der Waals surface area contributed by atoms with Crippen molar-refractivity contribution in [1.29, 1.82) is 0 Å². The maximum atomic E-state index is 13.9. The second kappa shape index (κ2) is 12.9. The van der Waals surface area contributed by atoms with Gasteiger partial charge in [0.15, 0.2) is 0 Å². The summed E-state index contributed by atoms with van der Waals surface area (Å²) in [5.41, 5.74) is 0.925. The minimum Gasteiger partial charge on any atom is -0.352 e. The van der Waals surface area contributed by atoms with E-state index >= 15 is 0 Å². The van der Waals surface area contributed by atoms with Gasteiger partial charge in [-0.2, -0.15) is 0 Å². The van der Waals surface area contributed by atoms with E-state index in [1.807, 2.05) is 0 Å². The third-order valence-electron chi connectivity index (χ3n) is 6.88. The molecule has 0 aliphatic heterocycles. The largest absolute Gasteiger partial charge is 0.352 e. The topological polar surface area (TPSA) is 86.8 Å². The monoisotopic (exact) mass is 587 g/mol. The van der Waals surface area contributed by atoms with Gasteiger partial charge in [0.2, 0.25) is 11.8 Å². The van der Waals surface area contributed by atoms with E-state index in [4.69, 9.17) is 23.2 Å². The van der Waals surface area contributed by atoms with Crippen LogP contribution in [0.5, 0.6) is 0 Å². The van der Waals surface area contributed by atoms with E-state index in [1.165, 1.54) is 17.0 Å². The zero-order valence-corrected chi connectivity index (χ0v) is 23.9. The molecule has 1 saturated carbocycles. The summed E-state index contributed by atoms with van der Waals surface area (Å²) in [5.74, 6) is -0.837. The minimum absolute atomic E-state index is 0.00209. The van der Waals surface area contributed by atoms with Crippen LogP contribution in [0.1, 0.15) is 38.2 Å². The van der Waals surface area contributed by atoms with Gasteiger partial charge in [0.1, 0.15) is 12.6 Å². The Labute approximate surface area is 239 Å². The van der Waals surface area contributed by atoms with Gasteiger partial charge in [0.25, 0.3) is 10.0 Å². The van der Waals surface area contributed by atoms with E-state index in [2.05, 4.69) is 5.32 Å². The molecule has 10 heteroatoms. The van der Waals surface area contributed by atoms with Crippen molar-refractivity contribution in [1.82, 2.24) is 10.2 Å². The van der Waals surface area contributed by atoms with Crippen molar-refractivity contribution >= 4 is 50.7 Å². The molecule has 206 valence electrons. The molecule has 1 atom stereocenters. The summed E-state index contributed by atoms with van der Waals surface area (Å²) in [5, 5.41) is 3.84. The van der Waals surface area contributed by atoms with Gasteiger partial charge in [0.05, 0.1) is 10.6 Å². The third-order valence-corrected chi connectivity index (χ3v) is 9.25. The number of carbonyl (C=O) groups excluding carboxylic acids is 2. The van der Waals surface area contributed by atoms with Gasteiger partial charge in [-0.15, -0.1) is 0 Å². The SMILES string of the molecule is C[C@@H](C(=O)NC1CCCC1)N(Cc1ccc(Cl)cc1Cl)C(=O)CN(c1ccccc1)S(=O)(=O)c1ccccc1. The number of carbonyl (C=O) groups is 2. The van der Waals surface area contributed by atoms with Crippen LogP contribution in [0, 0.1) is 0 Å². The maximum Gasteiger partial charge on any atom is 0.264 e. The van der Waals surface area contributed by atoms with Gasteiger partial charge in [-0.1, -0.05) is 78.5 Å². The molecular formula is C29H31Cl2N3O4S. The highest BCUT2D eigenvalue weighted by molar-refractivity contribution is 7.92. The summed E-state index contributed by atoms with van der Waals surface area (Å²) < 4.78 is 28.5. The first-order chi connectivity index (χ1) is 18.7. The molecule has 0 radical (unpaired) electrons. The smallest absolute Gasteiger partial charge is 0.264 e. The lowest BCUT2D eigenvalue weighted by molar-refractivity contribution is -0.139. The minimum atomic E-state index is -4.09. The first-order valence-electron chi connectivity index (χ1n) is 12.8. The number of anilines is 1. The molecule has 0 saturated heterocycles. The van der Waals surface area contributed by atoms with Crippen molar-refractivity contribution in [2.24, 2.45) is 0 Å². The highest BCUT2D eigenvalue weighted by Crippen LogP contribution is 2.26. The Morgan fingerprint density at radius 1 is 0.949 bits per heavy atom. The van der Waals surface area contributed by atoms with Crippen molar-refractivity contribution in [3.05, 3.63) is 94.5 Å². The van der Waals surface area contributed by atoms with Crippen LogP contribution in [0.2, 0.25) is 10.0 Å². The zero-order chi connectivity index (χ0) is 28.0. The summed E-state index contributed by atoms with van der Waals surface area (Å²) in [4.78, 5) is 28.6. The quantitative estimate of drug-likeness (QED) is 0.331. The Morgan fingerprint density at radius 3 is 2.18 bits per heavy atom. The molecule has 0 aromatic heterocycles. The van der Waals surface area contributed by atoms with Crippen LogP contribution in [-0.2, 0) is 26.2 Å². The molecule has 1 N–H and O–H groups in total. The molecule has 1 fully saturated rings. The highest BCUT2D eigenvalue weighted by Gasteiger charge is 2.33. The first kappa shape index (κ1) is 28.9. The molecule has 0 heterocycles. The molecular weight excluding hydrogens is 557 g/mol. The van der Waals surface area contributed by atoms with Crippen LogP contribution < -0.4 is 9.62 Å². The van der Waals surface area contributed by atoms with Gasteiger partial charge in [-0.3, -0.25) is 13.9 Å². The van der Waals surface area contributed by atoms with Gasteiger partial charge in [-0.25, -0.2) is 8.42 Å². The fourth-order valence-electron chi connectivity index (χ4n) is 4.65. The van der Waals surface area contributed by atoms with Crippen LogP contribution in [0.4, 0.5) is 5.69 Å². The third kappa shape index (κ3) is 7.12. The van der Waals surface area contributed by atoms with Gasteiger partial charge in [-0.05, 0) is 61.7 Å². The van der Waals surface area contributed by atoms with Crippen molar-refractivity contribution in [2.45, 2.75) is 56.1 Å². The Hall–Kier alpha value is -3.07. The number of hydrogen-bond donors (Lipinski definition) is 1. The van der Waals surface area contributed by atoms with Crippen LogP contribution in [0.15, 0.2) is 83.8 Å². The summed E-state index contributed by atoms with van der Waals surface area (Å²) in [6.07, 6.45) is 3.89. The first-order valence-corrected chi connectivity index (χ1v) is 15.0. The van der Waals surface area contributed by atoms with Gasteiger partial charge in [0, 0.05) is 22.6 Å². The summed E-state index contributed by atoms with van der Waals surface area (Å²) in [6, 6.07) is 20.5. The summed E-state index contributed by atoms with van der Waals surface area (Å²) >= 11 is 12.5. The number of para-hydroxylation sites is 1. The average molecular weight is 589 g/mol. The Kier molecular flexibility index (Phi) is 9.53. The molecule has 0 unspecified atom stereocenters. The zero-order valence-electron chi connectivity index (χ0n) is 21.6. The molecule has 3 aromatic rings. The summed E-state index contributed by atoms with van der Waals surface area (Å²) in [6.45, 7) is 1.14. The van der Waals surface area contributed by atoms with Crippen molar-refractivity contribution in [2.75, 3.05) is 10.8 Å². The maximum absolute atomic E-state index is 13.9. The van der Waals surface area contributed by atoms with E-state index < -0.39 is 28.5 Å². The van der Waals surface area contributed by atoms with Crippen LogP contribution in [-0.4, -0.2) is 43.8 Å². The molecule has 4 rings (SSSR count). The van der Waals surface area contributed by atoms with Crippen LogP contribution >= 0.6 is 23.2 Å². The van der Waals surface area contributed by atoms with Crippen molar-refractivity contribution in [3.63, 3.8) is 0 Å². The number of sulfonamides is 1. The number of nitrogens with one attached hydrogen (secondary N) is 1. The van der Waals surface area contributed by atoms with E-state index in [1.54, 1.807) is 73.7 Å². The van der Waals surface area contributed by atoms with Crippen molar-refractivity contribution < 1.29 is 18.0 Å². The van der Waals surface area contributed by atoms with E-state index in [-0.39, 0.29) is 23.4 Å². The van der Waals surface area contributed by atoms with Gasteiger partial charge >= 0.3 is 0 Å². The summed E-state index contributed by atoms with van der Waals surface area (Å²) in [7, 11) is -4.09. The molecule has 0 bridgehead atoms. The predicted octanol–water partition coefficient (Wildman–Crippen LogP) is 5.66. The fourth-order valence-corrected chi connectivity index (χ4v) is 6.55. The Balaban J connectivity index is 1.67. The number of rotatable bonds is 10. The Morgan fingerprint density at radius 2 is 1.56 bits per heavy atom. The Bertz CT molecular complexity index is 1400. The number of halogens is 2. The van der Waals surface area contributed by atoms with E-state index in [0.29, 0.717) is 21.3 Å².